The van der Waals surface area contributed by atoms with Gasteiger partial charge in [0.05, 0.1) is 31.4 Å². The van der Waals surface area contributed by atoms with Crippen LogP contribution in [0.4, 0.5) is 5.69 Å². The molecular formula is C11H14N2O3. The van der Waals surface area contributed by atoms with Gasteiger partial charge in [0.25, 0.3) is 5.91 Å². The summed E-state index contributed by atoms with van der Waals surface area (Å²) in [4.78, 5) is 16.6. The fourth-order valence-corrected chi connectivity index (χ4v) is 1.60. The third-order valence-electron chi connectivity index (χ3n) is 2.49. The van der Waals surface area contributed by atoms with Crippen molar-refractivity contribution < 1.29 is 14.7 Å². The summed E-state index contributed by atoms with van der Waals surface area (Å²) >= 11 is 0. The van der Waals surface area contributed by atoms with Crippen molar-refractivity contribution in [2.75, 3.05) is 18.3 Å². The predicted molar refractivity (Wildman–Crippen MR) is 58.5 cm³/mol. The number of nitrogens with two attached hydrogens (primary N) is 1. The maximum absolute atomic E-state index is 11.4. The SMILES string of the molecule is NC(CO)c1cccc(N2OCCC2=O)c1. The van der Waals surface area contributed by atoms with Gasteiger partial charge in [-0.1, -0.05) is 12.1 Å². The van der Waals surface area contributed by atoms with Gasteiger partial charge < -0.3 is 10.8 Å². The summed E-state index contributed by atoms with van der Waals surface area (Å²) < 4.78 is 0. The van der Waals surface area contributed by atoms with Crippen LogP contribution in [-0.2, 0) is 9.63 Å². The summed E-state index contributed by atoms with van der Waals surface area (Å²) in [5.41, 5.74) is 7.14. The maximum atomic E-state index is 11.4. The average molecular weight is 222 g/mol. The second kappa shape index (κ2) is 4.61. The van der Waals surface area contributed by atoms with Crippen LogP contribution in [0, 0.1) is 0 Å². The summed E-state index contributed by atoms with van der Waals surface area (Å²) in [6.45, 7) is 0.285. The molecule has 1 atom stereocenters. The van der Waals surface area contributed by atoms with Gasteiger partial charge in [-0.3, -0.25) is 9.63 Å². The van der Waals surface area contributed by atoms with Gasteiger partial charge >= 0.3 is 0 Å². The third kappa shape index (κ3) is 2.06. The normalized spacial score (nSPS) is 17.9. The predicted octanol–water partition coefficient (Wildman–Crippen LogP) is 0.347. The van der Waals surface area contributed by atoms with Gasteiger partial charge in [-0.2, -0.15) is 5.06 Å². The molecule has 1 saturated heterocycles. The molecule has 0 radical (unpaired) electrons. The number of rotatable bonds is 3. The Bertz CT molecular complexity index is 395. The first-order valence-corrected chi connectivity index (χ1v) is 5.14. The molecule has 0 aliphatic carbocycles. The van der Waals surface area contributed by atoms with Crippen LogP contribution in [0.3, 0.4) is 0 Å². The Kier molecular flexibility index (Phi) is 3.19. The third-order valence-corrected chi connectivity index (χ3v) is 2.49. The number of nitrogens with zero attached hydrogens (tertiary/aromatic N) is 1. The van der Waals surface area contributed by atoms with Crippen molar-refractivity contribution in [3.05, 3.63) is 29.8 Å². The summed E-state index contributed by atoms with van der Waals surface area (Å²) in [5.74, 6) is -0.0604. The van der Waals surface area contributed by atoms with Crippen LogP contribution in [0.1, 0.15) is 18.0 Å². The molecule has 1 unspecified atom stereocenters. The van der Waals surface area contributed by atoms with Crippen molar-refractivity contribution in [2.24, 2.45) is 5.73 Å². The number of hydrogen-bond donors (Lipinski definition) is 2. The molecule has 5 heteroatoms. The number of amides is 1. The van der Waals surface area contributed by atoms with E-state index >= 15 is 0 Å². The van der Waals surface area contributed by atoms with Gasteiger partial charge in [-0.25, -0.2) is 0 Å². The lowest BCUT2D eigenvalue weighted by Crippen LogP contribution is -2.23. The number of hydroxylamine groups is 1. The van der Waals surface area contributed by atoms with Crippen molar-refractivity contribution in [3.8, 4) is 0 Å². The smallest absolute Gasteiger partial charge is 0.253 e. The van der Waals surface area contributed by atoms with Gasteiger partial charge in [0, 0.05) is 0 Å². The van der Waals surface area contributed by atoms with Crippen LogP contribution in [0.5, 0.6) is 0 Å². The average Bonchev–Trinajstić information content (AvgIpc) is 2.74. The molecule has 1 heterocycles. The minimum atomic E-state index is -0.433. The topological polar surface area (TPSA) is 75.8 Å². The zero-order chi connectivity index (χ0) is 11.5. The van der Waals surface area contributed by atoms with E-state index in [0.29, 0.717) is 18.7 Å². The Balaban J connectivity index is 2.25. The number of carbonyl (C=O) groups is 1. The number of anilines is 1. The van der Waals surface area contributed by atoms with Gasteiger partial charge in [-0.15, -0.1) is 0 Å². The first kappa shape index (κ1) is 11.1. The fourth-order valence-electron chi connectivity index (χ4n) is 1.60. The highest BCUT2D eigenvalue weighted by molar-refractivity contribution is 5.92. The van der Waals surface area contributed by atoms with E-state index in [4.69, 9.17) is 15.7 Å². The summed E-state index contributed by atoms with van der Waals surface area (Å²) in [7, 11) is 0. The van der Waals surface area contributed by atoms with E-state index in [9.17, 15) is 4.79 Å². The van der Waals surface area contributed by atoms with Crippen LogP contribution in [0.2, 0.25) is 0 Å². The van der Waals surface area contributed by atoms with Crippen LogP contribution >= 0.6 is 0 Å². The molecule has 16 heavy (non-hydrogen) atoms. The zero-order valence-electron chi connectivity index (χ0n) is 8.80. The minimum Gasteiger partial charge on any atom is -0.394 e. The summed E-state index contributed by atoms with van der Waals surface area (Å²) in [5, 5.41) is 10.2. The van der Waals surface area contributed by atoms with E-state index in [1.807, 2.05) is 6.07 Å². The van der Waals surface area contributed by atoms with Crippen molar-refractivity contribution in [2.45, 2.75) is 12.5 Å². The second-order valence-electron chi connectivity index (χ2n) is 3.66. The van der Waals surface area contributed by atoms with Crippen molar-refractivity contribution >= 4 is 11.6 Å². The molecule has 1 fully saturated rings. The number of carbonyl (C=O) groups excluding carboxylic acids is 1. The summed E-state index contributed by atoms with van der Waals surface area (Å²) in [6.07, 6.45) is 0.399. The van der Waals surface area contributed by atoms with Gasteiger partial charge in [0.1, 0.15) is 0 Å². The minimum absolute atomic E-state index is 0.0604. The van der Waals surface area contributed by atoms with Crippen LogP contribution in [0.25, 0.3) is 0 Å². The molecule has 0 spiro atoms. The fraction of sp³-hybridized carbons (Fsp3) is 0.364. The van der Waals surface area contributed by atoms with E-state index in [1.165, 1.54) is 5.06 Å². The van der Waals surface area contributed by atoms with Crippen LogP contribution in [0.15, 0.2) is 24.3 Å². The highest BCUT2D eigenvalue weighted by Crippen LogP contribution is 2.23. The van der Waals surface area contributed by atoms with Gasteiger partial charge in [0.2, 0.25) is 0 Å². The molecule has 0 saturated carbocycles. The van der Waals surface area contributed by atoms with E-state index in [1.54, 1.807) is 18.2 Å². The molecular weight excluding hydrogens is 208 g/mol. The van der Waals surface area contributed by atoms with Crippen LogP contribution < -0.4 is 10.8 Å². The number of hydrogen-bond acceptors (Lipinski definition) is 4. The Hall–Kier alpha value is -1.43. The quantitative estimate of drug-likeness (QED) is 0.773. The van der Waals surface area contributed by atoms with E-state index in [0.717, 1.165) is 5.56 Å². The summed E-state index contributed by atoms with van der Waals surface area (Å²) in [6, 6.07) is 6.69. The monoisotopic (exact) mass is 222 g/mol. The Morgan fingerprint density at radius 2 is 2.38 bits per heavy atom. The Morgan fingerprint density at radius 1 is 1.56 bits per heavy atom. The molecule has 1 amide bonds. The lowest BCUT2D eigenvalue weighted by molar-refractivity contribution is -0.119. The lowest BCUT2D eigenvalue weighted by atomic mass is 10.1. The molecule has 3 N–H and O–H groups in total. The maximum Gasteiger partial charge on any atom is 0.253 e. The van der Waals surface area contributed by atoms with Crippen molar-refractivity contribution in [3.63, 3.8) is 0 Å². The first-order chi connectivity index (χ1) is 7.72. The molecule has 1 aliphatic rings. The highest BCUT2D eigenvalue weighted by Gasteiger charge is 2.23. The molecule has 0 aromatic heterocycles. The number of benzene rings is 1. The van der Waals surface area contributed by atoms with E-state index < -0.39 is 6.04 Å². The van der Waals surface area contributed by atoms with E-state index in [2.05, 4.69) is 0 Å². The number of aliphatic hydroxyl groups excluding tert-OH is 1. The standard InChI is InChI=1S/C11H14N2O3/c12-10(7-14)8-2-1-3-9(6-8)13-11(15)4-5-16-13/h1-3,6,10,14H,4-5,7,12H2. The molecule has 1 aromatic carbocycles. The Morgan fingerprint density at radius 3 is 3.00 bits per heavy atom. The van der Waals surface area contributed by atoms with Crippen LogP contribution in [-0.4, -0.2) is 24.2 Å². The lowest BCUT2D eigenvalue weighted by Gasteiger charge is -2.16. The van der Waals surface area contributed by atoms with Gasteiger partial charge in [0.15, 0.2) is 0 Å². The second-order valence-corrected chi connectivity index (χ2v) is 3.66. The zero-order valence-corrected chi connectivity index (χ0v) is 8.80. The first-order valence-electron chi connectivity index (χ1n) is 5.14. The Labute approximate surface area is 93.4 Å². The number of aliphatic hydroxyl groups is 1. The molecule has 86 valence electrons. The van der Waals surface area contributed by atoms with Gasteiger partial charge in [-0.05, 0) is 17.7 Å². The molecule has 1 aliphatic heterocycles. The highest BCUT2D eigenvalue weighted by atomic mass is 16.7. The molecule has 2 rings (SSSR count). The molecule has 5 nitrogen and oxygen atoms in total. The van der Waals surface area contributed by atoms with Crippen molar-refractivity contribution in [1.29, 1.82) is 0 Å². The molecule has 0 bridgehead atoms. The van der Waals surface area contributed by atoms with E-state index in [-0.39, 0.29) is 12.5 Å². The van der Waals surface area contributed by atoms with Crippen molar-refractivity contribution in [1.82, 2.24) is 0 Å². The molecule has 1 aromatic rings. The largest absolute Gasteiger partial charge is 0.394 e.